The molecule has 0 bridgehead atoms. The van der Waals surface area contributed by atoms with E-state index in [2.05, 4.69) is 6.92 Å². The second-order valence-electron chi connectivity index (χ2n) is 13.4. The Morgan fingerprint density at radius 3 is 1.76 bits per heavy atom. The Morgan fingerprint density at radius 1 is 0.673 bits per heavy atom. The van der Waals surface area contributed by atoms with Gasteiger partial charge in [0, 0.05) is 19.3 Å². The number of quaternary nitrogens is 1. The lowest BCUT2D eigenvalue weighted by atomic mass is 10.0. The van der Waals surface area contributed by atoms with E-state index in [0.29, 0.717) is 17.4 Å². The van der Waals surface area contributed by atoms with Gasteiger partial charge < -0.3 is 18.9 Å². The van der Waals surface area contributed by atoms with Crippen LogP contribution in [-0.4, -0.2) is 92.3 Å². The van der Waals surface area contributed by atoms with E-state index in [9.17, 15) is 33.4 Å². The molecule has 12 nitrogen and oxygen atoms in total. The normalized spacial score (nSPS) is 13.8. The number of carbonyl (C=O) groups is 5. The lowest BCUT2D eigenvalue weighted by Crippen LogP contribution is -2.37. The first kappa shape index (κ1) is 46.5. The van der Waals surface area contributed by atoms with Gasteiger partial charge in [0.25, 0.3) is 0 Å². The lowest BCUT2D eigenvalue weighted by Gasteiger charge is -2.24. The van der Waals surface area contributed by atoms with Crippen molar-refractivity contribution in [2.45, 2.75) is 129 Å². The molecule has 0 spiro atoms. The number of likely N-dealkylation sites (N-methyl/N-ethyl adjacent to an activating group) is 1. The van der Waals surface area contributed by atoms with Crippen LogP contribution in [0, 0.1) is 0 Å². The van der Waals surface area contributed by atoms with Gasteiger partial charge in [-0.15, -0.1) is 0 Å². The number of carbonyl (C=O) groups excluding carboxylic acids is 5. The van der Waals surface area contributed by atoms with Crippen molar-refractivity contribution in [3.63, 3.8) is 0 Å². The van der Waals surface area contributed by atoms with Crippen LogP contribution >= 0.6 is 7.82 Å². The van der Waals surface area contributed by atoms with E-state index in [1.54, 1.807) is 0 Å². The number of ketones is 3. The molecule has 0 aromatic rings. The number of ether oxygens (including phenoxy) is 2. The summed E-state index contributed by atoms with van der Waals surface area (Å²) in [4.78, 5) is 69.5. The van der Waals surface area contributed by atoms with Crippen molar-refractivity contribution in [2.75, 3.05) is 47.5 Å². The van der Waals surface area contributed by atoms with Crippen molar-refractivity contribution in [2.24, 2.45) is 0 Å². The molecule has 0 aliphatic heterocycles. The van der Waals surface area contributed by atoms with Crippen LogP contribution in [0.2, 0.25) is 0 Å². The largest absolute Gasteiger partial charge is 0.472 e. The summed E-state index contributed by atoms with van der Waals surface area (Å²) in [7, 11) is 1.21. The molecule has 0 aromatic heterocycles. The molecule has 1 unspecified atom stereocenters. The average molecular weight is 717 g/mol. The minimum atomic E-state index is -4.47. The quantitative estimate of drug-likeness (QED) is 0.0257. The highest BCUT2D eigenvalue weighted by molar-refractivity contribution is 7.47. The summed E-state index contributed by atoms with van der Waals surface area (Å²) in [6.07, 6.45) is 18.6. The van der Waals surface area contributed by atoms with Crippen LogP contribution in [0.3, 0.4) is 0 Å². The number of unbranched alkanes of at least 4 members (excludes halogenated alkanes) is 12. The molecule has 0 aromatic carbocycles. The van der Waals surface area contributed by atoms with Gasteiger partial charge in [0.2, 0.25) is 0 Å². The Morgan fingerprint density at radius 2 is 1.20 bits per heavy atom. The van der Waals surface area contributed by atoms with Crippen LogP contribution < -0.4 is 0 Å². The van der Waals surface area contributed by atoms with Gasteiger partial charge in [0.15, 0.2) is 23.5 Å². The molecule has 13 heteroatoms. The van der Waals surface area contributed by atoms with Gasteiger partial charge in [-0.05, 0) is 44.1 Å². The van der Waals surface area contributed by atoms with Gasteiger partial charge in [0.05, 0.1) is 27.7 Å². The molecular formula is C36H63NO11P+. The molecule has 0 radical (unpaired) electrons. The topological polar surface area (TPSA) is 160 Å². The van der Waals surface area contributed by atoms with E-state index < -0.39 is 44.0 Å². The van der Waals surface area contributed by atoms with E-state index in [4.69, 9.17) is 18.5 Å². The number of esters is 2. The molecule has 0 aliphatic carbocycles. The smallest absolute Gasteiger partial charge is 0.462 e. The monoisotopic (exact) mass is 716 g/mol. The van der Waals surface area contributed by atoms with E-state index in [1.807, 2.05) is 21.1 Å². The van der Waals surface area contributed by atoms with E-state index in [0.717, 1.165) is 43.6 Å². The van der Waals surface area contributed by atoms with E-state index in [1.165, 1.54) is 64.7 Å². The van der Waals surface area contributed by atoms with Gasteiger partial charge >= 0.3 is 19.8 Å². The maximum absolute atomic E-state index is 12.5. The fraction of sp³-hybridized carbons (Fsp3) is 0.750. The average Bonchev–Trinajstić information content (AvgIpc) is 3.01. The maximum Gasteiger partial charge on any atom is 0.472 e. The summed E-state index contributed by atoms with van der Waals surface area (Å²) in [6.45, 7) is 3.00. The zero-order chi connectivity index (χ0) is 37.0. The van der Waals surface area contributed by atoms with Crippen LogP contribution in [0.15, 0.2) is 24.3 Å². The fourth-order valence-corrected chi connectivity index (χ4v) is 5.21. The minimum absolute atomic E-state index is 0.0447. The Kier molecular flexibility index (Phi) is 26.8. The second kappa shape index (κ2) is 28.2. The first-order valence-corrected chi connectivity index (χ1v) is 19.3. The van der Waals surface area contributed by atoms with Crippen LogP contribution in [0.4, 0.5) is 0 Å². The molecule has 282 valence electrons. The standard InChI is InChI=1S/C36H62NO11P/c1-6-7-8-9-10-11-12-13-14-15-16-17-18-21-35(41)45-29-34(30-47-49(43,44)46-28-27-37(3,4)5)48-36(42)22-19-20-32(39)25-26-33(40)24-23-31(2)38/h23-26,34H,6-22,27-30H2,1-5H3/p+1/t34-/m1/s1. The summed E-state index contributed by atoms with van der Waals surface area (Å²) < 4.78 is 33.6. The van der Waals surface area contributed by atoms with Gasteiger partial charge in [-0.25, -0.2) is 4.57 Å². The van der Waals surface area contributed by atoms with E-state index in [-0.39, 0.29) is 44.7 Å². The zero-order valence-corrected chi connectivity index (χ0v) is 31.6. The number of phosphoric ester groups is 1. The highest BCUT2D eigenvalue weighted by atomic mass is 31.2. The molecule has 0 fully saturated rings. The van der Waals surface area contributed by atoms with Gasteiger partial charge in [0.1, 0.15) is 19.8 Å². The molecular weight excluding hydrogens is 653 g/mol. The molecule has 0 heterocycles. The number of hydrogen-bond donors (Lipinski definition) is 1. The fourth-order valence-electron chi connectivity index (χ4n) is 4.47. The van der Waals surface area contributed by atoms with Crippen molar-refractivity contribution in [3.05, 3.63) is 24.3 Å². The van der Waals surface area contributed by atoms with E-state index >= 15 is 0 Å². The molecule has 0 saturated carbocycles. The van der Waals surface area contributed by atoms with Crippen LogP contribution in [-0.2, 0) is 47.1 Å². The van der Waals surface area contributed by atoms with Crippen molar-refractivity contribution in [3.8, 4) is 0 Å². The second-order valence-corrected chi connectivity index (χ2v) is 14.9. The Balaban J connectivity index is 4.67. The number of hydrogen-bond acceptors (Lipinski definition) is 10. The Bertz CT molecular complexity index is 1080. The van der Waals surface area contributed by atoms with Gasteiger partial charge in [-0.3, -0.25) is 33.0 Å². The molecule has 2 atom stereocenters. The molecule has 1 N–H and O–H groups in total. The number of allylic oxidation sites excluding steroid dienone is 4. The van der Waals surface area contributed by atoms with Crippen LogP contribution in [0.25, 0.3) is 0 Å². The summed E-state index contributed by atoms with van der Waals surface area (Å²) >= 11 is 0. The molecule has 49 heavy (non-hydrogen) atoms. The third-order valence-corrected chi connectivity index (χ3v) is 8.36. The third kappa shape index (κ3) is 32.5. The summed E-state index contributed by atoms with van der Waals surface area (Å²) in [5, 5.41) is 0. The Hall–Kier alpha value is -2.50. The predicted molar refractivity (Wildman–Crippen MR) is 189 cm³/mol. The van der Waals surface area contributed by atoms with Crippen molar-refractivity contribution in [1.29, 1.82) is 0 Å². The molecule has 0 amide bonds. The van der Waals surface area contributed by atoms with Crippen molar-refractivity contribution >= 4 is 37.1 Å². The molecule has 0 rings (SSSR count). The number of nitrogens with zero attached hydrogens (tertiary/aromatic N) is 1. The Labute approximate surface area is 294 Å². The van der Waals surface area contributed by atoms with Crippen LogP contribution in [0.5, 0.6) is 0 Å². The number of rotatable bonds is 32. The lowest BCUT2D eigenvalue weighted by molar-refractivity contribution is -0.870. The molecule has 0 aliphatic rings. The van der Waals surface area contributed by atoms with Crippen LogP contribution in [0.1, 0.15) is 123 Å². The maximum atomic E-state index is 12.5. The minimum Gasteiger partial charge on any atom is -0.462 e. The first-order valence-electron chi connectivity index (χ1n) is 17.8. The van der Waals surface area contributed by atoms with Crippen molar-refractivity contribution < 1.29 is 56.4 Å². The van der Waals surface area contributed by atoms with Gasteiger partial charge in [-0.1, -0.05) is 84.0 Å². The highest BCUT2D eigenvalue weighted by Crippen LogP contribution is 2.43. The number of phosphoric acid groups is 1. The first-order chi connectivity index (χ1) is 23.1. The van der Waals surface area contributed by atoms with Crippen molar-refractivity contribution in [1.82, 2.24) is 0 Å². The predicted octanol–water partition coefficient (Wildman–Crippen LogP) is 6.77. The zero-order valence-electron chi connectivity index (χ0n) is 30.7. The third-order valence-electron chi connectivity index (χ3n) is 7.37. The summed E-state index contributed by atoms with van der Waals surface area (Å²) in [5.74, 6) is -2.41. The van der Waals surface area contributed by atoms with Gasteiger partial charge in [-0.2, -0.15) is 0 Å². The highest BCUT2D eigenvalue weighted by Gasteiger charge is 2.27. The summed E-state index contributed by atoms with van der Waals surface area (Å²) in [5.41, 5.74) is 0. The SMILES string of the molecule is CCCCCCCCCCCCCCCC(=O)OC[C@H](COP(=O)(O)OCC[N+](C)(C)C)OC(=O)CCCC(=O)C=CC(=O)C=CC(C)=O. The summed E-state index contributed by atoms with van der Waals surface area (Å²) in [6, 6.07) is 0. The molecule has 0 saturated heterocycles.